The van der Waals surface area contributed by atoms with Gasteiger partial charge in [0.25, 0.3) is 0 Å². The van der Waals surface area contributed by atoms with Gasteiger partial charge < -0.3 is 16.2 Å². The van der Waals surface area contributed by atoms with Crippen LogP contribution in [0.2, 0.25) is 0 Å². The molecule has 0 fully saturated rings. The standard InChI is InChI=1S/C24H26N2O3.Na.H/c1-26(16-8-9-17-29-18-23(27)28)22-15-14-21(19-10-4-2-5-11-19)24(25-22)20-12-6-3-7-13-20;;/h2-7,10-15H,8-9,16-18H2,1H3,(H,27,28);;/q;+1;-1. The van der Waals surface area contributed by atoms with E-state index in [1.807, 2.05) is 43.4 Å². The predicted molar refractivity (Wildman–Crippen MR) is 117 cm³/mol. The molecule has 1 aromatic heterocycles. The third-order valence-corrected chi connectivity index (χ3v) is 4.66. The van der Waals surface area contributed by atoms with Crippen LogP contribution in [-0.2, 0) is 9.53 Å². The van der Waals surface area contributed by atoms with Gasteiger partial charge in [0.2, 0.25) is 0 Å². The summed E-state index contributed by atoms with van der Waals surface area (Å²) in [6, 6.07) is 24.7. The van der Waals surface area contributed by atoms with Crippen molar-refractivity contribution in [3.05, 3.63) is 72.8 Å². The van der Waals surface area contributed by atoms with Crippen LogP contribution < -0.4 is 34.5 Å². The molecule has 1 N–H and O–H groups in total. The van der Waals surface area contributed by atoms with Crippen LogP contribution in [0, 0.1) is 0 Å². The molecular weight excluding hydrogens is 387 g/mol. The molecule has 0 aliphatic rings. The number of pyridine rings is 1. The van der Waals surface area contributed by atoms with Crippen molar-refractivity contribution in [3.8, 4) is 22.4 Å². The van der Waals surface area contributed by atoms with Crippen molar-refractivity contribution in [2.24, 2.45) is 0 Å². The van der Waals surface area contributed by atoms with Crippen molar-refractivity contribution in [1.29, 1.82) is 0 Å². The van der Waals surface area contributed by atoms with Gasteiger partial charge >= 0.3 is 35.5 Å². The van der Waals surface area contributed by atoms with Gasteiger partial charge in [0.1, 0.15) is 12.4 Å². The van der Waals surface area contributed by atoms with Gasteiger partial charge in [-0.15, -0.1) is 0 Å². The number of hydrogen-bond acceptors (Lipinski definition) is 4. The van der Waals surface area contributed by atoms with Crippen LogP contribution in [0.4, 0.5) is 5.82 Å². The average Bonchev–Trinajstić information content (AvgIpc) is 2.76. The molecule has 0 atom stereocenters. The molecular formula is C24H27N2NaO3. The fourth-order valence-electron chi connectivity index (χ4n) is 3.16. The molecule has 0 spiro atoms. The summed E-state index contributed by atoms with van der Waals surface area (Å²) in [4.78, 5) is 17.6. The number of anilines is 1. The summed E-state index contributed by atoms with van der Waals surface area (Å²) in [6.45, 7) is 1.04. The Labute approximate surface area is 201 Å². The SMILES string of the molecule is CN(CCCCOCC(=O)O)c1ccc(-c2ccccc2)c(-c2ccccc2)n1.[H-].[Na+]. The van der Waals surface area contributed by atoms with Crippen LogP contribution in [0.25, 0.3) is 22.4 Å². The second-order valence-corrected chi connectivity index (χ2v) is 6.87. The molecule has 6 heteroatoms. The van der Waals surface area contributed by atoms with E-state index in [0.717, 1.165) is 47.6 Å². The minimum absolute atomic E-state index is 0. The number of carboxylic acid groups (broad SMARTS) is 1. The van der Waals surface area contributed by atoms with Crippen LogP contribution >= 0.6 is 0 Å². The molecule has 3 rings (SSSR count). The first-order valence-electron chi connectivity index (χ1n) is 9.77. The van der Waals surface area contributed by atoms with E-state index in [0.29, 0.717) is 6.61 Å². The molecule has 30 heavy (non-hydrogen) atoms. The van der Waals surface area contributed by atoms with Crippen molar-refractivity contribution in [2.75, 3.05) is 31.7 Å². The van der Waals surface area contributed by atoms with E-state index in [9.17, 15) is 4.79 Å². The summed E-state index contributed by atoms with van der Waals surface area (Å²) < 4.78 is 5.09. The van der Waals surface area contributed by atoms with Crippen molar-refractivity contribution in [2.45, 2.75) is 12.8 Å². The Morgan fingerprint density at radius 3 is 2.23 bits per heavy atom. The quantitative estimate of drug-likeness (QED) is 0.405. The third-order valence-electron chi connectivity index (χ3n) is 4.66. The van der Waals surface area contributed by atoms with Gasteiger partial charge in [-0.2, -0.15) is 0 Å². The smallest absolute Gasteiger partial charge is 1.00 e. The van der Waals surface area contributed by atoms with Gasteiger partial charge in [0.15, 0.2) is 0 Å². The summed E-state index contributed by atoms with van der Waals surface area (Å²) in [5.74, 6) is -0.0201. The normalized spacial score (nSPS) is 10.3. The summed E-state index contributed by atoms with van der Waals surface area (Å²) >= 11 is 0. The van der Waals surface area contributed by atoms with E-state index in [1.165, 1.54) is 0 Å². The number of nitrogens with zero attached hydrogens (tertiary/aromatic N) is 2. The largest absolute Gasteiger partial charge is 1.00 e. The third kappa shape index (κ3) is 6.96. The van der Waals surface area contributed by atoms with E-state index < -0.39 is 5.97 Å². The van der Waals surface area contributed by atoms with E-state index in [2.05, 4.69) is 41.3 Å². The van der Waals surface area contributed by atoms with Crippen molar-refractivity contribution in [3.63, 3.8) is 0 Å². The Kier molecular flexibility index (Phi) is 10.0. The summed E-state index contributed by atoms with van der Waals surface area (Å²) in [5, 5.41) is 8.59. The minimum atomic E-state index is -0.932. The van der Waals surface area contributed by atoms with E-state index >= 15 is 0 Å². The number of aromatic nitrogens is 1. The Morgan fingerprint density at radius 1 is 0.967 bits per heavy atom. The molecule has 0 aliphatic heterocycles. The molecule has 0 radical (unpaired) electrons. The van der Waals surface area contributed by atoms with Gasteiger partial charge in [-0.25, -0.2) is 9.78 Å². The molecule has 0 amide bonds. The number of unbranched alkanes of at least 4 members (excludes halogenated alkanes) is 1. The first-order chi connectivity index (χ1) is 14.1. The summed E-state index contributed by atoms with van der Waals surface area (Å²) in [6.07, 6.45) is 1.71. The molecule has 0 bridgehead atoms. The topological polar surface area (TPSA) is 62.7 Å². The molecule has 2 aromatic carbocycles. The minimum Gasteiger partial charge on any atom is -1.00 e. The molecule has 0 saturated carbocycles. The van der Waals surface area contributed by atoms with Crippen LogP contribution in [0.3, 0.4) is 0 Å². The number of benzene rings is 2. The van der Waals surface area contributed by atoms with Crippen LogP contribution in [0.5, 0.6) is 0 Å². The number of rotatable bonds is 10. The van der Waals surface area contributed by atoms with E-state index in [4.69, 9.17) is 14.8 Å². The van der Waals surface area contributed by atoms with Gasteiger partial charge in [-0.05, 0) is 30.5 Å². The monoisotopic (exact) mass is 414 g/mol. The van der Waals surface area contributed by atoms with Crippen LogP contribution in [-0.4, -0.2) is 42.9 Å². The number of carboxylic acids is 1. The first kappa shape index (κ1) is 24.1. The fraction of sp³-hybridized carbons (Fsp3) is 0.250. The van der Waals surface area contributed by atoms with Gasteiger partial charge in [-0.3, -0.25) is 0 Å². The molecule has 0 saturated heterocycles. The van der Waals surface area contributed by atoms with Gasteiger partial charge in [0, 0.05) is 31.3 Å². The molecule has 1 heterocycles. The Morgan fingerprint density at radius 2 is 1.60 bits per heavy atom. The maximum atomic E-state index is 10.5. The first-order valence-corrected chi connectivity index (χ1v) is 9.77. The van der Waals surface area contributed by atoms with Crippen molar-refractivity contribution in [1.82, 2.24) is 4.98 Å². The number of ether oxygens (including phenoxy) is 1. The number of carbonyl (C=O) groups is 1. The number of aliphatic carboxylic acids is 1. The second kappa shape index (κ2) is 12.5. The maximum Gasteiger partial charge on any atom is 1.00 e. The molecule has 0 unspecified atom stereocenters. The maximum absolute atomic E-state index is 10.5. The van der Waals surface area contributed by atoms with Crippen molar-refractivity contribution >= 4 is 11.8 Å². The average molecular weight is 414 g/mol. The van der Waals surface area contributed by atoms with Crippen molar-refractivity contribution < 1.29 is 45.6 Å². The zero-order valence-corrected chi connectivity index (χ0v) is 19.6. The van der Waals surface area contributed by atoms with Crippen LogP contribution in [0.15, 0.2) is 72.8 Å². The molecule has 0 aliphatic carbocycles. The summed E-state index contributed by atoms with van der Waals surface area (Å²) in [7, 11) is 2.03. The zero-order chi connectivity index (χ0) is 20.5. The second-order valence-electron chi connectivity index (χ2n) is 6.87. The Balaban J connectivity index is 0.00000240. The van der Waals surface area contributed by atoms with Gasteiger partial charge in [0.05, 0.1) is 5.69 Å². The molecule has 152 valence electrons. The molecule has 5 nitrogen and oxygen atoms in total. The number of hydrogen-bond donors (Lipinski definition) is 1. The summed E-state index contributed by atoms with van der Waals surface area (Å²) in [5.41, 5.74) is 4.30. The van der Waals surface area contributed by atoms with Gasteiger partial charge in [-0.1, -0.05) is 60.7 Å². The Hall–Kier alpha value is -2.18. The van der Waals surface area contributed by atoms with E-state index in [-0.39, 0.29) is 37.6 Å². The van der Waals surface area contributed by atoms with Crippen LogP contribution in [0.1, 0.15) is 14.3 Å². The Bertz CT molecular complexity index is 927. The van der Waals surface area contributed by atoms with E-state index in [1.54, 1.807) is 0 Å². The fourth-order valence-corrected chi connectivity index (χ4v) is 3.16. The molecule has 3 aromatic rings. The zero-order valence-electron chi connectivity index (χ0n) is 18.6. The predicted octanol–water partition coefficient (Wildman–Crippen LogP) is 1.85.